The van der Waals surface area contributed by atoms with Crippen molar-refractivity contribution in [2.24, 2.45) is 11.7 Å². The first-order valence-corrected chi connectivity index (χ1v) is 16.3. The number of rotatable bonds is 9. The van der Waals surface area contributed by atoms with Crippen LogP contribution in [0.25, 0.3) is 0 Å². The number of nitrogens with two attached hydrogens (primary N) is 1. The SMILES string of the molecule is CC(=O)N1CCC(N(CC(C)C)N2CCN(C(=O)[C@@H](Cc3ccc(Cl)cc3)NC(=O)C3(N)CCCCCC3)CC2)CC1. The van der Waals surface area contributed by atoms with E-state index in [-0.39, 0.29) is 17.7 Å². The number of hydrogen-bond donors (Lipinski definition) is 2. The molecule has 0 radical (unpaired) electrons. The number of hydrogen-bond acceptors (Lipinski definition) is 6. The van der Waals surface area contributed by atoms with Crippen LogP contribution in [0, 0.1) is 5.92 Å². The lowest BCUT2D eigenvalue weighted by atomic mass is 9.89. The molecule has 0 unspecified atom stereocenters. The molecule has 1 aliphatic carbocycles. The van der Waals surface area contributed by atoms with E-state index in [9.17, 15) is 14.4 Å². The summed E-state index contributed by atoms with van der Waals surface area (Å²) in [6.45, 7) is 11.3. The van der Waals surface area contributed by atoms with Crippen molar-refractivity contribution in [2.45, 2.75) is 96.2 Å². The number of benzene rings is 1. The lowest BCUT2D eigenvalue weighted by molar-refractivity contribution is -0.146. The van der Waals surface area contributed by atoms with Crippen molar-refractivity contribution in [1.29, 1.82) is 0 Å². The summed E-state index contributed by atoms with van der Waals surface area (Å²) in [4.78, 5) is 43.2. The average molecular weight is 603 g/mol. The monoisotopic (exact) mass is 602 g/mol. The van der Waals surface area contributed by atoms with Crippen LogP contribution in [0.15, 0.2) is 24.3 Å². The number of halogens is 1. The number of likely N-dealkylation sites (tertiary alicyclic amines) is 1. The lowest BCUT2D eigenvalue weighted by Gasteiger charge is -2.47. The maximum atomic E-state index is 14.0. The van der Waals surface area contributed by atoms with Gasteiger partial charge < -0.3 is 20.9 Å². The third-order valence-corrected chi connectivity index (χ3v) is 9.47. The van der Waals surface area contributed by atoms with Crippen molar-refractivity contribution in [1.82, 2.24) is 25.1 Å². The second-order valence-electron chi connectivity index (χ2n) is 13.0. The van der Waals surface area contributed by atoms with E-state index in [4.69, 9.17) is 17.3 Å². The summed E-state index contributed by atoms with van der Waals surface area (Å²) in [5, 5.41) is 8.64. The van der Waals surface area contributed by atoms with Gasteiger partial charge in [-0.2, -0.15) is 0 Å². The predicted octanol–water partition coefficient (Wildman–Crippen LogP) is 3.45. The van der Waals surface area contributed by atoms with Gasteiger partial charge in [0.2, 0.25) is 17.7 Å². The van der Waals surface area contributed by atoms with Crippen LogP contribution in [-0.2, 0) is 20.8 Å². The van der Waals surface area contributed by atoms with Crippen LogP contribution in [0.3, 0.4) is 0 Å². The molecule has 0 bridgehead atoms. The van der Waals surface area contributed by atoms with E-state index in [0.717, 1.165) is 76.8 Å². The first kappa shape index (κ1) is 32.7. The van der Waals surface area contributed by atoms with Crippen LogP contribution in [-0.4, -0.2) is 101 Å². The summed E-state index contributed by atoms with van der Waals surface area (Å²) in [6, 6.07) is 7.17. The van der Waals surface area contributed by atoms with Gasteiger partial charge in [-0.15, -0.1) is 0 Å². The average Bonchev–Trinajstić information content (AvgIpc) is 3.21. The molecule has 1 aromatic rings. The molecule has 2 heterocycles. The molecule has 3 N–H and O–H groups in total. The van der Waals surface area contributed by atoms with E-state index in [2.05, 4.69) is 29.2 Å². The first-order chi connectivity index (χ1) is 20.1. The Morgan fingerprint density at radius 2 is 1.55 bits per heavy atom. The molecule has 1 atom stereocenters. The molecule has 9 nitrogen and oxygen atoms in total. The summed E-state index contributed by atoms with van der Waals surface area (Å²) in [6.07, 6.45) is 7.66. The number of amides is 3. The van der Waals surface area contributed by atoms with E-state index < -0.39 is 11.6 Å². The highest BCUT2D eigenvalue weighted by atomic mass is 35.5. The maximum absolute atomic E-state index is 14.0. The number of carbonyl (C=O) groups excluding carboxylic acids is 3. The van der Waals surface area contributed by atoms with Gasteiger partial charge in [0.1, 0.15) is 6.04 Å². The van der Waals surface area contributed by atoms with Gasteiger partial charge in [-0.05, 0) is 49.3 Å². The number of piperidine rings is 1. The van der Waals surface area contributed by atoms with Gasteiger partial charge in [-0.1, -0.05) is 63.3 Å². The van der Waals surface area contributed by atoms with Gasteiger partial charge in [0.05, 0.1) is 5.54 Å². The van der Waals surface area contributed by atoms with Crippen molar-refractivity contribution in [3.63, 3.8) is 0 Å². The highest BCUT2D eigenvalue weighted by Gasteiger charge is 2.38. The molecule has 10 heteroatoms. The van der Waals surface area contributed by atoms with Gasteiger partial charge in [0.25, 0.3) is 0 Å². The van der Waals surface area contributed by atoms with Crippen LogP contribution in [0.5, 0.6) is 0 Å². The predicted molar refractivity (Wildman–Crippen MR) is 167 cm³/mol. The molecule has 0 spiro atoms. The minimum Gasteiger partial charge on any atom is -0.343 e. The van der Waals surface area contributed by atoms with Crippen LogP contribution in [0.2, 0.25) is 5.02 Å². The van der Waals surface area contributed by atoms with E-state index in [0.29, 0.717) is 49.3 Å². The van der Waals surface area contributed by atoms with Crippen molar-refractivity contribution in [3.8, 4) is 0 Å². The topological polar surface area (TPSA) is 102 Å². The first-order valence-electron chi connectivity index (χ1n) is 16.0. The standard InChI is InChI=1S/C32H51ClN6O3/c1-24(2)23-39(28-12-16-36(17-13-28)25(3)40)38-20-18-37(19-21-38)30(41)29(22-26-8-10-27(33)11-9-26)35-31(42)32(34)14-6-4-5-7-15-32/h8-11,24,28-29H,4-7,12-23,34H2,1-3H3,(H,35,42)/t29-/m1/s1. The summed E-state index contributed by atoms with van der Waals surface area (Å²) in [7, 11) is 0. The number of carbonyl (C=O) groups is 3. The normalized spacial score (nSPS) is 21.3. The number of piperazine rings is 1. The van der Waals surface area contributed by atoms with Crippen LogP contribution in [0.4, 0.5) is 0 Å². The minimum absolute atomic E-state index is 0.0552. The smallest absolute Gasteiger partial charge is 0.245 e. The highest BCUT2D eigenvalue weighted by molar-refractivity contribution is 6.30. The zero-order chi connectivity index (χ0) is 30.3. The van der Waals surface area contributed by atoms with Gasteiger partial charge in [-0.25, -0.2) is 10.0 Å². The van der Waals surface area contributed by atoms with E-state index in [1.165, 1.54) is 0 Å². The van der Waals surface area contributed by atoms with Crippen LogP contribution >= 0.6 is 11.6 Å². The fraction of sp³-hybridized carbons (Fsp3) is 0.719. The quantitative estimate of drug-likeness (QED) is 0.420. The summed E-state index contributed by atoms with van der Waals surface area (Å²) in [5.41, 5.74) is 6.66. The van der Waals surface area contributed by atoms with E-state index >= 15 is 0 Å². The van der Waals surface area contributed by atoms with Gasteiger partial charge in [-0.3, -0.25) is 14.4 Å². The summed E-state index contributed by atoms with van der Waals surface area (Å²) in [5.74, 6) is 0.383. The molecular weight excluding hydrogens is 552 g/mol. The molecule has 3 aliphatic rings. The molecular formula is C32H51ClN6O3. The third kappa shape index (κ3) is 8.68. The molecule has 2 aliphatic heterocycles. The maximum Gasteiger partial charge on any atom is 0.245 e. The molecule has 3 fully saturated rings. The van der Waals surface area contributed by atoms with Crippen molar-refractivity contribution in [3.05, 3.63) is 34.9 Å². The molecule has 2 saturated heterocycles. The minimum atomic E-state index is -0.928. The Hall–Kier alpha value is -2.20. The Balaban J connectivity index is 1.42. The zero-order valence-electron chi connectivity index (χ0n) is 25.8. The largest absolute Gasteiger partial charge is 0.343 e. The second-order valence-corrected chi connectivity index (χ2v) is 13.4. The van der Waals surface area contributed by atoms with Gasteiger partial charge in [0, 0.05) is 70.2 Å². The van der Waals surface area contributed by atoms with Crippen molar-refractivity contribution < 1.29 is 14.4 Å². The van der Waals surface area contributed by atoms with Crippen LogP contribution in [0.1, 0.15) is 77.7 Å². The Morgan fingerprint density at radius 3 is 2.10 bits per heavy atom. The highest BCUT2D eigenvalue weighted by Crippen LogP contribution is 2.26. The molecule has 3 amide bonds. The Bertz CT molecular complexity index is 1040. The Morgan fingerprint density at radius 1 is 0.952 bits per heavy atom. The van der Waals surface area contributed by atoms with Gasteiger partial charge in [0.15, 0.2) is 0 Å². The molecule has 4 rings (SSSR count). The summed E-state index contributed by atoms with van der Waals surface area (Å²) < 4.78 is 0. The lowest BCUT2D eigenvalue weighted by Crippen LogP contribution is -2.63. The molecule has 1 aromatic carbocycles. The van der Waals surface area contributed by atoms with Crippen molar-refractivity contribution in [2.75, 3.05) is 45.8 Å². The summed E-state index contributed by atoms with van der Waals surface area (Å²) >= 11 is 6.11. The van der Waals surface area contributed by atoms with E-state index in [1.807, 2.05) is 34.1 Å². The fourth-order valence-electron chi connectivity index (χ4n) is 6.69. The molecule has 0 aromatic heterocycles. The Kier molecular flexibility index (Phi) is 11.7. The second kappa shape index (κ2) is 15.0. The number of nitrogens with one attached hydrogen (secondary N) is 1. The number of nitrogens with zero attached hydrogens (tertiary/aromatic N) is 4. The van der Waals surface area contributed by atoms with Crippen LogP contribution < -0.4 is 11.1 Å². The van der Waals surface area contributed by atoms with E-state index in [1.54, 1.807) is 6.92 Å². The Labute approximate surface area is 257 Å². The molecule has 1 saturated carbocycles. The van der Waals surface area contributed by atoms with Crippen molar-refractivity contribution >= 4 is 29.3 Å². The van der Waals surface area contributed by atoms with Gasteiger partial charge >= 0.3 is 0 Å². The molecule has 42 heavy (non-hydrogen) atoms. The molecule has 234 valence electrons. The zero-order valence-corrected chi connectivity index (χ0v) is 26.6. The number of hydrazine groups is 1. The third-order valence-electron chi connectivity index (χ3n) is 9.22. The fourth-order valence-corrected chi connectivity index (χ4v) is 6.81.